The van der Waals surface area contributed by atoms with Crippen LogP contribution in [-0.4, -0.2) is 18.2 Å². The van der Waals surface area contributed by atoms with Crippen LogP contribution in [0, 0.1) is 0 Å². The zero-order valence-electron chi connectivity index (χ0n) is 13.0. The number of rotatable bonds is 5. The van der Waals surface area contributed by atoms with E-state index in [1.165, 1.54) is 24.0 Å². The van der Waals surface area contributed by atoms with Gasteiger partial charge in [0, 0.05) is 27.8 Å². The highest BCUT2D eigenvalue weighted by Gasteiger charge is 2.12. The average Bonchev–Trinajstić information content (AvgIpc) is 2.59. The number of fused-ring (bicyclic) bond motifs is 1. The lowest BCUT2D eigenvalue weighted by Crippen LogP contribution is -2.26. The van der Waals surface area contributed by atoms with Gasteiger partial charge in [-0.15, -0.1) is 11.8 Å². The molecule has 120 valence electrons. The van der Waals surface area contributed by atoms with Crippen LogP contribution >= 0.6 is 23.4 Å². The Balaban J connectivity index is 1.48. The van der Waals surface area contributed by atoms with Crippen molar-refractivity contribution in [3.8, 4) is 0 Å². The van der Waals surface area contributed by atoms with Crippen molar-refractivity contribution in [2.45, 2.75) is 30.6 Å². The van der Waals surface area contributed by atoms with Gasteiger partial charge in [0.15, 0.2) is 0 Å². The summed E-state index contributed by atoms with van der Waals surface area (Å²) in [6.07, 6.45) is 4.74. The van der Waals surface area contributed by atoms with Crippen LogP contribution < -0.4 is 5.32 Å². The molecule has 2 aromatic carbocycles. The molecule has 1 aliphatic rings. The van der Waals surface area contributed by atoms with Gasteiger partial charge in [-0.2, -0.15) is 0 Å². The third kappa shape index (κ3) is 4.52. The van der Waals surface area contributed by atoms with Gasteiger partial charge >= 0.3 is 0 Å². The lowest BCUT2D eigenvalue weighted by molar-refractivity contribution is 0.0956. The third-order valence-corrected chi connectivity index (χ3v) is 5.35. The number of hydrogen-bond donors (Lipinski definition) is 1. The first-order chi connectivity index (χ1) is 11.2. The van der Waals surface area contributed by atoms with E-state index in [1.807, 2.05) is 30.3 Å². The molecular weight excluding hydrogens is 326 g/mol. The fraction of sp³-hybridized carbons (Fsp3) is 0.316. The van der Waals surface area contributed by atoms with Gasteiger partial charge in [-0.1, -0.05) is 17.7 Å². The first-order valence-corrected chi connectivity index (χ1v) is 9.37. The summed E-state index contributed by atoms with van der Waals surface area (Å²) in [7, 11) is 0. The first kappa shape index (κ1) is 16.4. The molecule has 0 saturated carbocycles. The summed E-state index contributed by atoms with van der Waals surface area (Å²) in [6, 6.07) is 13.9. The molecular formula is C19H20ClNOS. The van der Waals surface area contributed by atoms with E-state index in [9.17, 15) is 4.79 Å². The lowest BCUT2D eigenvalue weighted by Gasteiger charge is -2.16. The van der Waals surface area contributed by atoms with Crippen molar-refractivity contribution in [2.75, 3.05) is 12.3 Å². The van der Waals surface area contributed by atoms with Crippen LogP contribution in [0.2, 0.25) is 5.02 Å². The molecule has 0 unspecified atom stereocenters. The second-order valence-electron chi connectivity index (χ2n) is 5.75. The van der Waals surface area contributed by atoms with E-state index in [0.29, 0.717) is 6.54 Å². The molecule has 0 bridgehead atoms. The number of halogens is 1. The highest BCUT2D eigenvalue weighted by Crippen LogP contribution is 2.22. The molecule has 1 amide bonds. The molecule has 4 heteroatoms. The van der Waals surface area contributed by atoms with Crippen molar-refractivity contribution in [2.24, 2.45) is 0 Å². The molecule has 0 heterocycles. The molecule has 1 aliphatic carbocycles. The Labute approximate surface area is 146 Å². The number of aryl methyl sites for hydroxylation is 2. The van der Waals surface area contributed by atoms with Gasteiger partial charge < -0.3 is 5.32 Å². The van der Waals surface area contributed by atoms with E-state index in [-0.39, 0.29) is 5.91 Å². The van der Waals surface area contributed by atoms with Crippen LogP contribution in [0.25, 0.3) is 0 Å². The standard InChI is InChI=1S/C19H20ClNOS/c20-17-7-9-18(10-8-17)23-12-11-21-19(22)16-6-5-14-3-1-2-4-15(14)13-16/h5-10,13H,1-4,11-12H2,(H,21,22). The minimum Gasteiger partial charge on any atom is -0.351 e. The normalized spacial score (nSPS) is 13.4. The summed E-state index contributed by atoms with van der Waals surface area (Å²) in [5.74, 6) is 0.869. The molecule has 1 N–H and O–H groups in total. The minimum absolute atomic E-state index is 0.0232. The van der Waals surface area contributed by atoms with Crippen molar-refractivity contribution in [3.05, 3.63) is 64.2 Å². The molecule has 2 nitrogen and oxygen atoms in total. The van der Waals surface area contributed by atoms with Gasteiger partial charge in [0.25, 0.3) is 5.91 Å². The maximum atomic E-state index is 12.2. The van der Waals surface area contributed by atoms with Gasteiger partial charge in [-0.25, -0.2) is 0 Å². The van der Waals surface area contributed by atoms with E-state index in [2.05, 4.69) is 17.4 Å². The van der Waals surface area contributed by atoms with E-state index in [0.717, 1.165) is 34.1 Å². The molecule has 0 saturated heterocycles. The molecule has 0 spiro atoms. The number of amides is 1. The summed E-state index contributed by atoms with van der Waals surface area (Å²) in [4.78, 5) is 13.4. The van der Waals surface area contributed by atoms with E-state index < -0.39 is 0 Å². The Bertz CT molecular complexity index is 684. The number of benzene rings is 2. The minimum atomic E-state index is 0.0232. The fourth-order valence-electron chi connectivity index (χ4n) is 2.84. The SMILES string of the molecule is O=C(NCCSc1ccc(Cl)cc1)c1ccc2c(c1)CCCC2. The number of thioether (sulfide) groups is 1. The van der Waals surface area contributed by atoms with Crippen molar-refractivity contribution in [1.29, 1.82) is 0 Å². The number of carbonyl (C=O) groups is 1. The average molecular weight is 346 g/mol. The molecule has 0 radical (unpaired) electrons. The third-order valence-electron chi connectivity index (χ3n) is 4.08. The monoisotopic (exact) mass is 345 g/mol. The van der Waals surface area contributed by atoms with Gasteiger partial charge in [0.05, 0.1) is 0 Å². The smallest absolute Gasteiger partial charge is 0.251 e. The van der Waals surface area contributed by atoms with E-state index >= 15 is 0 Å². The molecule has 23 heavy (non-hydrogen) atoms. The second kappa shape index (κ2) is 7.89. The Morgan fingerprint density at radius 2 is 1.78 bits per heavy atom. The van der Waals surface area contributed by atoms with Crippen LogP contribution in [0.15, 0.2) is 47.4 Å². The van der Waals surface area contributed by atoms with Crippen LogP contribution in [0.3, 0.4) is 0 Å². The van der Waals surface area contributed by atoms with Crippen molar-refractivity contribution in [1.82, 2.24) is 5.32 Å². The zero-order chi connectivity index (χ0) is 16.1. The summed E-state index contributed by atoms with van der Waals surface area (Å²) < 4.78 is 0. The van der Waals surface area contributed by atoms with Crippen LogP contribution in [0.1, 0.15) is 34.3 Å². The van der Waals surface area contributed by atoms with Crippen LogP contribution in [0.4, 0.5) is 0 Å². The Kier molecular flexibility index (Phi) is 5.63. The van der Waals surface area contributed by atoms with Gasteiger partial charge in [0.2, 0.25) is 0 Å². The van der Waals surface area contributed by atoms with Crippen LogP contribution in [0.5, 0.6) is 0 Å². The number of nitrogens with one attached hydrogen (secondary N) is 1. The Morgan fingerprint density at radius 3 is 2.57 bits per heavy atom. The first-order valence-electron chi connectivity index (χ1n) is 8.01. The number of carbonyl (C=O) groups excluding carboxylic acids is 1. The summed E-state index contributed by atoms with van der Waals surface area (Å²) in [6.45, 7) is 0.656. The summed E-state index contributed by atoms with van der Waals surface area (Å²) in [5.41, 5.74) is 3.53. The van der Waals surface area contributed by atoms with Gasteiger partial charge in [-0.05, 0) is 73.2 Å². The molecule has 0 aromatic heterocycles. The van der Waals surface area contributed by atoms with Crippen molar-refractivity contribution < 1.29 is 4.79 Å². The predicted molar refractivity (Wildman–Crippen MR) is 97.6 cm³/mol. The zero-order valence-corrected chi connectivity index (χ0v) is 14.6. The second-order valence-corrected chi connectivity index (χ2v) is 7.35. The quantitative estimate of drug-likeness (QED) is 0.626. The highest BCUT2D eigenvalue weighted by molar-refractivity contribution is 7.99. The van der Waals surface area contributed by atoms with Gasteiger partial charge in [0.1, 0.15) is 0 Å². The van der Waals surface area contributed by atoms with Crippen LogP contribution in [-0.2, 0) is 12.8 Å². The molecule has 0 atom stereocenters. The topological polar surface area (TPSA) is 29.1 Å². The molecule has 2 aromatic rings. The molecule has 0 aliphatic heterocycles. The van der Waals surface area contributed by atoms with Gasteiger partial charge in [-0.3, -0.25) is 4.79 Å². The molecule has 0 fully saturated rings. The lowest BCUT2D eigenvalue weighted by atomic mass is 9.90. The summed E-state index contributed by atoms with van der Waals surface area (Å²) in [5, 5.41) is 3.75. The van der Waals surface area contributed by atoms with Crippen molar-refractivity contribution in [3.63, 3.8) is 0 Å². The maximum Gasteiger partial charge on any atom is 0.251 e. The highest BCUT2D eigenvalue weighted by atomic mass is 35.5. The van der Waals surface area contributed by atoms with E-state index in [1.54, 1.807) is 11.8 Å². The maximum absolute atomic E-state index is 12.2. The fourth-order valence-corrected chi connectivity index (χ4v) is 3.74. The predicted octanol–water partition coefficient (Wildman–Crippen LogP) is 4.74. The Hall–Kier alpha value is -1.45. The largest absolute Gasteiger partial charge is 0.351 e. The summed E-state index contributed by atoms with van der Waals surface area (Å²) >= 11 is 7.58. The van der Waals surface area contributed by atoms with Crippen molar-refractivity contribution >= 4 is 29.3 Å². The number of hydrogen-bond acceptors (Lipinski definition) is 2. The molecule has 3 rings (SSSR count). The van der Waals surface area contributed by atoms with E-state index in [4.69, 9.17) is 11.6 Å². The Morgan fingerprint density at radius 1 is 1.04 bits per heavy atom.